The van der Waals surface area contributed by atoms with Crippen molar-refractivity contribution in [3.63, 3.8) is 0 Å². The van der Waals surface area contributed by atoms with Gasteiger partial charge >= 0.3 is 5.97 Å². The standard InChI is InChI=1S/C6H11BrO2/c1-3-6(7)4-9-5(2)8/h6H,3-4H2,1-2H3/t6-/m1/s1. The van der Waals surface area contributed by atoms with Crippen LogP contribution in [0.2, 0.25) is 0 Å². The van der Waals surface area contributed by atoms with Crippen LogP contribution in [0.3, 0.4) is 0 Å². The average molecular weight is 195 g/mol. The molecule has 0 N–H and O–H groups in total. The predicted octanol–water partition coefficient (Wildman–Crippen LogP) is 1.72. The number of halogens is 1. The Hall–Kier alpha value is -0.0500. The molecule has 0 spiro atoms. The molecule has 2 nitrogen and oxygen atoms in total. The average Bonchev–Trinajstić information content (AvgIpc) is 1.83. The minimum atomic E-state index is -0.215. The van der Waals surface area contributed by atoms with E-state index in [2.05, 4.69) is 15.9 Å². The number of esters is 1. The zero-order valence-corrected chi connectivity index (χ0v) is 7.27. The Morgan fingerprint density at radius 1 is 1.78 bits per heavy atom. The second-order valence-electron chi connectivity index (χ2n) is 1.81. The molecule has 1 atom stereocenters. The number of rotatable bonds is 3. The van der Waals surface area contributed by atoms with Crippen molar-refractivity contribution in [1.29, 1.82) is 0 Å². The highest BCUT2D eigenvalue weighted by molar-refractivity contribution is 9.09. The van der Waals surface area contributed by atoms with Crippen LogP contribution in [0.25, 0.3) is 0 Å². The quantitative estimate of drug-likeness (QED) is 0.506. The highest BCUT2D eigenvalue weighted by Crippen LogP contribution is 2.03. The van der Waals surface area contributed by atoms with Crippen molar-refractivity contribution >= 4 is 21.9 Å². The zero-order chi connectivity index (χ0) is 7.28. The van der Waals surface area contributed by atoms with Gasteiger partial charge in [-0.2, -0.15) is 0 Å². The summed E-state index contributed by atoms with van der Waals surface area (Å²) in [7, 11) is 0. The van der Waals surface area contributed by atoms with Gasteiger partial charge in [-0.3, -0.25) is 4.79 Å². The molecule has 0 aromatic heterocycles. The molecule has 9 heavy (non-hydrogen) atoms. The lowest BCUT2D eigenvalue weighted by atomic mass is 10.4. The molecule has 3 heteroatoms. The summed E-state index contributed by atoms with van der Waals surface area (Å²) in [4.78, 5) is 10.5. The molecule has 0 radical (unpaired) electrons. The third-order valence-corrected chi connectivity index (χ3v) is 1.82. The zero-order valence-electron chi connectivity index (χ0n) is 5.69. The van der Waals surface area contributed by atoms with Gasteiger partial charge in [0.25, 0.3) is 0 Å². The minimum absolute atomic E-state index is 0.215. The van der Waals surface area contributed by atoms with E-state index in [1.807, 2.05) is 6.92 Å². The largest absolute Gasteiger partial charge is 0.465 e. The molecule has 0 saturated heterocycles. The normalized spacial score (nSPS) is 12.8. The SMILES string of the molecule is CC[C@@H](Br)COC(C)=O. The lowest BCUT2D eigenvalue weighted by molar-refractivity contribution is -0.140. The van der Waals surface area contributed by atoms with Crippen molar-refractivity contribution in [1.82, 2.24) is 0 Å². The molecule has 0 unspecified atom stereocenters. The van der Waals surface area contributed by atoms with Gasteiger partial charge in [-0.1, -0.05) is 22.9 Å². The molecule has 0 aromatic rings. The number of ether oxygens (including phenoxy) is 1. The summed E-state index contributed by atoms with van der Waals surface area (Å²) < 4.78 is 4.71. The van der Waals surface area contributed by atoms with Gasteiger partial charge in [-0.15, -0.1) is 0 Å². The van der Waals surface area contributed by atoms with E-state index in [1.165, 1.54) is 6.92 Å². The number of alkyl halides is 1. The molecule has 0 saturated carbocycles. The molecule has 0 aliphatic rings. The third-order valence-electron chi connectivity index (χ3n) is 0.910. The predicted molar refractivity (Wildman–Crippen MR) is 39.6 cm³/mol. The van der Waals surface area contributed by atoms with Gasteiger partial charge < -0.3 is 4.74 Å². The van der Waals surface area contributed by atoms with Crippen molar-refractivity contribution in [3.8, 4) is 0 Å². The maximum Gasteiger partial charge on any atom is 0.302 e. The van der Waals surface area contributed by atoms with Crippen LogP contribution in [0, 0.1) is 0 Å². The van der Waals surface area contributed by atoms with Gasteiger partial charge in [0.05, 0.1) is 0 Å². The first-order chi connectivity index (χ1) is 4.16. The number of hydrogen-bond acceptors (Lipinski definition) is 2. The second-order valence-corrected chi connectivity index (χ2v) is 3.10. The molecule has 54 valence electrons. The summed E-state index contributed by atoms with van der Waals surface area (Å²) in [6, 6.07) is 0. The van der Waals surface area contributed by atoms with Gasteiger partial charge in [0, 0.05) is 11.8 Å². The van der Waals surface area contributed by atoms with Crippen LogP contribution < -0.4 is 0 Å². The van der Waals surface area contributed by atoms with Crippen molar-refractivity contribution in [3.05, 3.63) is 0 Å². The lowest BCUT2D eigenvalue weighted by Gasteiger charge is -2.04. The van der Waals surface area contributed by atoms with E-state index in [-0.39, 0.29) is 5.97 Å². The highest BCUT2D eigenvalue weighted by Gasteiger charge is 2.01. The monoisotopic (exact) mass is 194 g/mol. The fourth-order valence-corrected chi connectivity index (χ4v) is 0.458. The smallest absolute Gasteiger partial charge is 0.302 e. The minimum Gasteiger partial charge on any atom is -0.465 e. The molecule has 0 heterocycles. The summed E-state index contributed by atoms with van der Waals surface area (Å²) in [5, 5.41) is 0. The first-order valence-electron chi connectivity index (χ1n) is 2.94. The van der Waals surface area contributed by atoms with Crippen molar-refractivity contribution < 1.29 is 9.53 Å². The lowest BCUT2D eigenvalue weighted by Crippen LogP contribution is -2.09. The molecule has 0 amide bonds. The highest BCUT2D eigenvalue weighted by atomic mass is 79.9. The Morgan fingerprint density at radius 3 is 2.67 bits per heavy atom. The van der Waals surface area contributed by atoms with Crippen molar-refractivity contribution in [2.45, 2.75) is 25.1 Å². The number of carbonyl (C=O) groups is 1. The van der Waals surface area contributed by atoms with Crippen LogP contribution in [0.4, 0.5) is 0 Å². The Morgan fingerprint density at radius 2 is 2.33 bits per heavy atom. The molecule has 0 fully saturated rings. The Balaban J connectivity index is 3.16. The Bertz CT molecular complexity index is 93.1. The topological polar surface area (TPSA) is 26.3 Å². The summed E-state index contributed by atoms with van der Waals surface area (Å²) in [5.74, 6) is -0.215. The van der Waals surface area contributed by atoms with E-state index >= 15 is 0 Å². The second kappa shape index (κ2) is 4.79. The van der Waals surface area contributed by atoms with Crippen LogP contribution in [-0.2, 0) is 9.53 Å². The Kier molecular flexibility index (Phi) is 4.77. The van der Waals surface area contributed by atoms with Gasteiger partial charge in [0.2, 0.25) is 0 Å². The van der Waals surface area contributed by atoms with Crippen LogP contribution >= 0.6 is 15.9 Å². The van der Waals surface area contributed by atoms with Gasteiger partial charge in [0.1, 0.15) is 6.61 Å². The Labute approximate surface area is 63.7 Å². The fraction of sp³-hybridized carbons (Fsp3) is 0.833. The summed E-state index contributed by atoms with van der Waals surface area (Å²) in [6.45, 7) is 3.92. The first kappa shape index (κ1) is 8.95. The van der Waals surface area contributed by atoms with Gasteiger partial charge in [-0.05, 0) is 6.42 Å². The van der Waals surface area contributed by atoms with E-state index in [0.717, 1.165) is 6.42 Å². The van der Waals surface area contributed by atoms with Crippen LogP contribution in [0.5, 0.6) is 0 Å². The fourth-order valence-electron chi connectivity index (χ4n) is 0.326. The summed E-state index contributed by atoms with van der Waals surface area (Å²) >= 11 is 3.33. The van der Waals surface area contributed by atoms with E-state index < -0.39 is 0 Å². The van der Waals surface area contributed by atoms with Crippen molar-refractivity contribution in [2.75, 3.05) is 6.61 Å². The number of carbonyl (C=O) groups excluding carboxylic acids is 1. The number of hydrogen-bond donors (Lipinski definition) is 0. The van der Waals surface area contributed by atoms with Gasteiger partial charge in [-0.25, -0.2) is 0 Å². The third kappa shape index (κ3) is 5.83. The summed E-state index contributed by atoms with van der Waals surface area (Å²) in [5.41, 5.74) is 0. The maximum atomic E-state index is 10.2. The maximum absolute atomic E-state index is 10.2. The first-order valence-corrected chi connectivity index (χ1v) is 3.85. The molecule has 0 aromatic carbocycles. The van der Waals surface area contributed by atoms with Crippen LogP contribution in [0.1, 0.15) is 20.3 Å². The molecule has 0 aliphatic carbocycles. The molecular weight excluding hydrogens is 184 g/mol. The van der Waals surface area contributed by atoms with Gasteiger partial charge in [0.15, 0.2) is 0 Å². The van der Waals surface area contributed by atoms with Crippen molar-refractivity contribution in [2.24, 2.45) is 0 Å². The molecule has 0 rings (SSSR count). The molecule has 0 bridgehead atoms. The van der Waals surface area contributed by atoms with Crippen LogP contribution in [-0.4, -0.2) is 17.4 Å². The summed E-state index contributed by atoms with van der Waals surface area (Å²) in [6.07, 6.45) is 0.979. The van der Waals surface area contributed by atoms with E-state index in [9.17, 15) is 4.79 Å². The van der Waals surface area contributed by atoms with E-state index in [0.29, 0.717) is 11.4 Å². The van der Waals surface area contributed by atoms with E-state index in [1.54, 1.807) is 0 Å². The molecule has 0 aliphatic heterocycles. The van der Waals surface area contributed by atoms with E-state index in [4.69, 9.17) is 4.74 Å². The molecular formula is C6H11BrO2. The van der Waals surface area contributed by atoms with Crippen LogP contribution in [0.15, 0.2) is 0 Å².